The van der Waals surface area contributed by atoms with E-state index in [4.69, 9.17) is 13.9 Å². The molecule has 4 nitrogen and oxygen atoms in total. The Balaban J connectivity index is 1.38. The minimum absolute atomic E-state index is 0.576. The van der Waals surface area contributed by atoms with Crippen molar-refractivity contribution in [2.45, 2.75) is 0 Å². The molecule has 1 atom stereocenters. The number of benzene rings is 5. The summed E-state index contributed by atoms with van der Waals surface area (Å²) in [4.78, 5) is 0. The number of hydrogen-bond acceptors (Lipinski definition) is 4. The second kappa shape index (κ2) is 6.65. The number of ether oxygens (including phenoxy) is 2. The molecule has 8 rings (SSSR count). The molecule has 0 radical (unpaired) electrons. The van der Waals surface area contributed by atoms with Crippen molar-refractivity contribution in [1.82, 2.24) is 0 Å². The molecular weight excluding hydrogens is 455 g/mol. The van der Waals surface area contributed by atoms with E-state index in [-0.39, 0.29) is 0 Å². The topological polar surface area (TPSA) is 48.7 Å². The van der Waals surface area contributed by atoms with Crippen LogP contribution in [0.4, 0.5) is 0 Å². The molecule has 5 heteroatoms. The van der Waals surface area contributed by atoms with Crippen molar-refractivity contribution >= 4 is 45.0 Å². The van der Waals surface area contributed by atoms with Gasteiger partial charge in [-0.25, -0.2) is 0 Å². The molecular formula is C30H17O4P. The van der Waals surface area contributed by atoms with Gasteiger partial charge in [0.05, 0.1) is 10.6 Å². The van der Waals surface area contributed by atoms with Crippen molar-refractivity contribution < 1.29 is 18.5 Å². The van der Waals surface area contributed by atoms with Crippen LogP contribution in [-0.2, 0) is 4.57 Å². The summed E-state index contributed by atoms with van der Waals surface area (Å²) in [5.74, 6) is 2.39. The molecule has 0 saturated heterocycles. The summed E-state index contributed by atoms with van der Waals surface area (Å²) < 4.78 is 33.7. The van der Waals surface area contributed by atoms with Crippen LogP contribution in [0, 0.1) is 0 Å². The summed E-state index contributed by atoms with van der Waals surface area (Å²) in [6.45, 7) is 0. The zero-order valence-electron chi connectivity index (χ0n) is 18.4. The molecule has 0 aliphatic carbocycles. The van der Waals surface area contributed by atoms with E-state index in [1.807, 2.05) is 91.0 Å². The van der Waals surface area contributed by atoms with Gasteiger partial charge >= 0.3 is 0 Å². The third-order valence-corrected chi connectivity index (χ3v) is 10.1. The summed E-state index contributed by atoms with van der Waals surface area (Å²) in [5.41, 5.74) is 3.60. The highest BCUT2D eigenvalue weighted by molar-refractivity contribution is 7.86. The van der Waals surface area contributed by atoms with Crippen LogP contribution in [0.3, 0.4) is 0 Å². The maximum absolute atomic E-state index is 14.9. The largest absolute Gasteiger partial charge is 0.456 e. The predicted molar refractivity (Wildman–Crippen MR) is 139 cm³/mol. The van der Waals surface area contributed by atoms with Crippen LogP contribution < -0.4 is 25.4 Å². The smallest absolute Gasteiger partial charge is 0.185 e. The summed E-state index contributed by atoms with van der Waals surface area (Å²) in [6, 6.07) is 33.3. The van der Waals surface area contributed by atoms with Gasteiger partial charge in [-0.1, -0.05) is 60.7 Å². The Morgan fingerprint density at radius 2 is 1.26 bits per heavy atom. The molecule has 2 aliphatic rings. The van der Waals surface area contributed by atoms with Gasteiger partial charge < -0.3 is 18.5 Å². The van der Waals surface area contributed by atoms with Gasteiger partial charge in [-0.15, -0.1) is 0 Å². The lowest BCUT2D eigenvalue weighted by molar-refractivity contribution is 0.462. The third kappa shape index (κ3) is 2.44. The number of fused-ring (bicyclic) bond motifs is 7. The average molecular weight is 472 g/mol. The van der Waals surface area contributed by atoms with Gasteiger partial charge in [-0.05, 0) is 48.0 Å². The first-order valence-corrected chi connectivity index (χ1v) is 13.2. The molecule has 0 spiro atoms. The molecule has 1 unspecified atom stereocenters. The van der Waals surface area contributed by atoms with Crippen molar-refractivity contribution in [2.24, 2.45) is 0 Å². The van der Waals surface area contributed by atoms with Crippen LogP contribution in [0.25, 0.3) is 33.1 Å². The number of para-hydroxylation sites is 3. The fourth-order valence-electron chi connectivity index (χ4n) is 5.39. The molecule has 1 aromatic heterocycles. The van der Waals surface area contributed by atoms with Crippen molar-refractivity contribution in [3.05, 3.63) is 103 Å². The second-order valence-electron chi connectivity index (χ2n) is 8.85. The van der Waals surface area contributed by atoms with Crippen LogP contribution in [0.5, 0.6) is 23.0 Å². The van der Waals surface area contributed by atoms with E-state index >= 15 is 0 Å². The highest BCUT2D eigenvalue weighted by atomic mass is 31.2. The SMILES string of the molecule is O=P12c3ccccc3Oc3cccc(c31)Oc1cc(-c3cccc4c3oc3ccccc34)ccc12. The number of rotatable bonds is 1. The third-order valence-electron chi connectivity index (χ3n) is 6.94. The van der Waals surface area contributed by atoms with Crippen LogP contribution in [-0.4, -0.2) is 0 Å². The monoisotopic (exact) mass is 472 g/mol. The van der Waals surface area contributed by atoms with E-state index in [1.165, 1.54) is 0 Å². The highest BCUT2D eigenvalue weighted by Crippen LogP contribution is 2.58. The van der Waals surface area contributed by atoms with Gasteiger partial charge in [0, 0.05) is 16.3 Å². The summed E-state index contributed by atoms with van der Waals surface area (Å²) in [6.07, 6.45) is 0. The fraction of sp³-hybridized carbons (Fsp3) is 0. The minimum Gasteiger partial charge on any atom is -0.456 e. The van der Waals surface area contributed by atoms with Crippen LogP contribution in [0.1, 0.15) is 0 Å². The van der Waals surface area contributed by atoms with Crippen LogP contribution in [0.2, 0.25) is 0 Å². The van der Waals surface area contributed by atoms with E-state index < -0.39 is 7.14 Å². The first-order valence-electron chi connectivity index (χ1n) is 11.5. The van der Waals surface area contributed by atoms with Gasteiger partial charge in [-0.2, -0.15) is 0 Å². The molecule has 0 saturated carbocycles. The van der Waals surface area contributed by atoms with Crippen LogP contribution >= 0.6 is 7.14 Å². The van der Waals surface area contributed by atoms with Crippen molar-refractivity contribution in [3.63, 3.8) is 0 Å². The fourth-order valence-corrected chi connectivity index (χ4v) is 8.42. The normalized spacial score (nSPS) is 17.3. The quantitative estimate of drug-likeness (QED) is 0.239. The van der Waals surface area contributed by atoms with Gasteiger partial charge in [0.1, 0.15) is 39.5 Å². The highest BCUT2D eigenvalue weighted by Gasteiger charge is 2.46. The zero-order chi connectivity index (χ0) is 23.1. The Labute approximate surface area is 200 Å². The van der Waals surface area contributed by atoms with Gasteiger partial charge in [-0.3, -0.25) is 0 Å². The van der Waals surface area contributed by atoms with E-state index in [1.54, 1.807) is 0 Å². The second-order valence-corrected chi connectivity index (χ2v) is 11.5. The molecule has 0 N–H and O–H groups in total. The van der Waals surface area contributed by atoms with Gasteiger partial charge in [0.15, 0.2) is 7.14 Å². The Hall–Kier alpha value is -4.27. The molecule has 166 valence electrons. The predicted octanol–water partition coefficient (Wildman–Crippen LogP) is 7.10. The molecule has 2 aliphatic heterocycles. The molecule has 6 aromatic rings. The lowest BCUT2D eigenvalue weighted by Gasteiger charge is -2.34. The van der Waals surface area contributed by atoms with E-state index in [2.05, 4.69) is 12.1 Å². The first-order chi connectivity index (χ1) is 17.2. The number of hydrogen-bond donors (Lipinski definition) is 0. The minimum atomic E-state index is -3.17. The maximum Gasteiger partial charge on any atom is 0.185 e. The average Bonchev–Trinajstić information content (AvgIpc) is 3.27. The van der Waals surface area contributed by atoms with E-state index in [0.29, 0.717) is 38.9 Å². The first kappa shape index (κ1) is 19.1. The van der Waals surface area contributed by atoms with Crippen molar-refractivity contribution in [3.8, 4) is 34.1 Å². The lowest BCUT2D eigenvalue weighted by atomic mass is 10.0. The molecule has 35 heavy (non-hydrogen) atoms. The van der Waals surface area contributed by atoms with E-state index in [9.17, 15) is 4.57 Å². The Kier molecular flexibility index (Phi) is 3.63. The Morgan fingerprint density at radius 1 is 0.571 bits per heavy atom. The zero-order valence-corrected chi connectivity index (χ0v) is 19.3. The summed E-state index contributed by atoms with van der Waals surface area (Å²) >= 11 is 0. The Bertz CT molecular complexity index is 1900. The molecule has 5 aromatic carbocycles. The molecule has 0 fully saturated rings. The Morgan fingerprint density at radius 3 is 2.17 bits per heavy atom. The van der Waals surface area contributed by atoms with Crippen molar-refractivity contribution in [2.75, 3.05) is 0 Å². The molecule has 0 amide bonds. The van der Waals surface area contributed by atoms with Crippen LogP contribution in [0.15, 0.2) is 108 Å². The summed E-state index contributed by atoms with van der Waals surface area (Å²) in [7, 11) is -3.17. The lowest BCUT2D eigenvalue weighted by Crippen LogP contribution is -2.34. The summed E-state index contributed by atoms with van der Waals surface area (Å²) in [5, 5.41) is 4.19. The van der Waals surface area contributed by atoms with Crippen molar-refractivity contribution in [1.29, 1.82) is 0 Å². The molecule has 3 heterocycles. The standard InChI is InChI=1S/C30H17O4P/c31-35-27-14-4-3-11-23(27)32-24-12-6-13-25(30(24)35)33-26-17-18(15-16-28(26)35)19-8-5-9-21-20-7-1-2-10-22(20)34-29(19)21/h1-17H. The number of furan rings is 1. The van der Waals surface area contributed by atoms with E-state index in [0.717, 1.165) is 33.1 Å². The van der Waals surface area contributed by atoms with Gasteiger partial charge in [0.2, 0.25) is 0 Å². The van der Waals surface area contributed by atoms with Gasteiger partial charge in [0.25, 0.3) is 0 Å². The molecule has 0 bridgehead atoms. The maximum atomic E-state index is 14.9.